The topological polar surface area (TPSA) is 105 Å². The van der Waals surface area contributed by atoms with E-state index < -0.39 is 30.2 Å². The van der Waals surface area contributed by atoms with E-state index >= 15 is 4.39 Å². The van der Waals surface area contributed by atoms with Gasteiger partial charge < -0.3 is 24.0 Å². The summed E-state index contributed by atoms with van der Waals surface area (Å²) in [6, 6.07) is 0.760. The molecule has 1 aromatic heterocycles. The van der Waals surface area contributed by atoms with Crippen LogP contribution in [0.2, 0.25) is 0 Å². The fourth-order valence-corrected chi connectivity index (χ4v) is 4.79. The largest absolute Gasteiger partial charge is 0.443 e. The number of carbonyl (C=O) groups is 2. The van der Waals surface area contributed by atoms with Gasteiger partial charge in [-0.2, -0.15) is 0 Å². The van der Waals surface area contributed by atoms with Crippen molar-refractivity contribution in [2.45, 2.75) is 71.0 Å². The van der Waals surface area contributed by atoms with Crippen molar-refractivity contribution in [3.05, 3.63) is 17.4 Å². The number of rotatable bonds is 6. The van der Waals surface area contributed by atoms with Crippen LogP contribution < -0.4 is 9.80 Å². The van der Waals surface area contributed by atoms with Crippen molar-refractivity contribution in [3.8, 4) is 0 Å². The van der Waals surface area contributed by atoms with Crippen LogP contribution in [-0.2, 0) is 9.47 Å². The predicted molar refractivity (Wildman–Crippen MR) is 115 cm³/mol. The molecule has 1 N–H and O–H groups in total. The van der Waals surface area contributed by atoms with Crippen molar-refractivity contribution < 1.29 is 33.1 Å². The molecule has 0 radical (unpaired) electrons. The first-order valence-corrected chi connectivity index (χ1v) is 10.9. The molecule has 9 nitrogen and oxygen atoms in total. The number of hydrogen-bond donors (Lipinski definition) is 1. The summed E-state index contributed by atoms with van der Waals surface area (Å²) in [4.78, 5) is 27.6. The van der Waals surface area contributed by atoms with Gasteiger partial charge in [0, 0.05) is 18.7 Å². The monoisotopic (exact) mass is 449 g/mol. The van der Waals surface area contributed by atoms with Gasteiger partial charge in [0.25, 0.3) is 0 Å². The SMILES string of the molecule is CCCC1OC(=O)N(c2noc3c(F)c(N4CC(C)OC(C)C4)c(C=O)cc23)C1C(C)O. The summed E-state index contributed by atoms with van der Waals surface area (Å²) in [7, 11) is 0. The van der Waals surface area contributed by atoms with Crippen molar-refractivity contribution in [1.29, 1.82) is 0 Å². The zero-order valence-electron chi connectivity index (χ0n) is 18.6. The van der Waals surface area contributed by atoms with E-state index in [-0.39, 0.29) is 40.2 Å². The number of amides is 1. The predicted octanol–water partition coefficient (Wildman–Crippen LogP) is 3.27. The maximum atomic E-state index is 15.6. The lowest BCUT2D eigenvalue weighted by Gasteiger charge is -2.37. The van der Waals surface area contributed by atoms with E-state index in [4.69, 9.17) is 14.0 Å². The molecule has 2 aliphatic heterocycles. The van der Waals surface area contributed by atoms with Crippen molar-refractivity contribution in [2.75, 3.05) is 22.9 Å². The molecule has 1 aromatic carbocycles. The maximum Gasteiger partial charge on any atom is 0.416 e. The molecule has 2 aromatic rings. The minimum atomic E-state index is -0.921. The van der Waals surface area contributed by atoms with Crippen molar-refractivity contribution in [1.82, 2.24) is 5.16 Å². The Hall–Kier alpha value is -2.72. The Morgan fingerprint density at radius 1 is 1.34 bits per heavy atom. The van der Waals surface area contributed by atoms with Gasteiger partial charge in [-0.15, -0.1) is 0 Å². The van der Waals surface area contributed by atoms with E-state index in [1.807, 2.05) is 20.8 Å². The first-order chi connectivity index (χ1) is 15.3. The Balaban J connectivity index is 1.81. The molecule has 10 heteroatoms. The Labute approximate surface area is 185 Å². The summed E-state index contributed by atoms with van der Waals surface area (Å²) in [5, 5.41) is 14.5. The van der Waals surface area contributed by atoms with Crippen LogP contribution in [0.5, 0.6) is 0 Å². The first kappa shape index (κ1) is 22.5. The van der Waals surface area contributed by atoms with Gasteiger partial charge in [0.1, 0.15) is 12.1 Å². The van der Waals surface area contributed by atoms with Crippen LogP contribution in [0.3, 0.4) is 0 Å². The average molecular weight is 449 g/mol. The van der Waals surface area contributed by atoms with Gasteiger partial charge in [-0.1, -0.05) is 18.5 Å². The van der Waals surface area contributed by atoms with Crippen molar-refractivity contribution >= 4 is 34.9 Å². The summed E-state index contributed by atoms with van der Waals surface area (Å²) < 4.78 is 32.1. The molecule has 0 spiro atoms. The molecular formula is C22H28FN3O6. The number of aldehydes is 1. The molecule has 5 atom stereocenters. The van der Waals surface area contributed by atoms with E-state index in [0.29, 0.717) is 25.8 Å². The molecule has 2 saturated heterocycles. The lowest BCUT2D eigenvalue weighted by molar-refractivity contribution is -0.00543. The summed E-state index contributed by atoms with van der Waals surface area (Å²) >= 11 is 0. The molecule has 174 valence electrons. The fraction of sp³-hybridized carbons (Fsp3) is 0.591. The number of cyclic esters (lactones) is 1. The van der Waals surface area contributed by atoms with Crippen LogP contribution >= 0.6 is 0 Å². The summed E-state index contributed by atoms with van der Waals surface area (Å²) in [6.07, 6.45) is -0.551. The third-order valence-corrected chi connectivity index (χ3v) is 5.98. The lowest BCUT2D eigenvalue weighted by Crippen LogP contribution is -2.46. The Morgan fingerprint density at radius 3 is 2.62 bits per heavy atom. The highest BCUT2D eigenvalue weighted by molar-refractivity contribution is 6.04. The molecule has 3 heterocycles. The van der Waals surface area contributed by atoms with E-state index in [2.05, 4.69) is 5.16 Å². The minimum absolute atomic E-state index is 0.0202. The van der Waals surface area contributed by atoms with E-state index in [1.54, 1.807) is 11.8 Å². The normalized spacial score (nSPS) is 27.1. The smallest absolute Gasteiger partial charge is 0.416 e. The van der Waals surface area contributed by atoms with Crippen molar-refractivity contribution in [2.24, 2.45) is 0 Å². The Morgan fingerprint density at radius 2 is 2.03 bits per heavy atom. The molecule has 2 fully saturated rings. The van der Waals surface area contributed by atoms with Crippen LogP contribution in [0.1, 0.15) is 50.9 Å². The molecule has 1 amide bonds. The van der Waals surface area contributed by atoms with Crippen LogP contribution in [0.4, 0.5) is 20.7 Å². The summed E-state index contributed by atoms with van der Waals surface area (Å²) in [5.74, 6) is -0.706. The maximum absolute atomic E-state index is 15.6. The van der Waals surface area contributed by atoms with Gasteiger partial charge in [0.2, 0.25) is 5.58 Å². The van der Waals surface area contributed by atoms with E-state index in [9.17, 15) is 14.7 Å². The number of fused-ring (bicyclic) bond motifs is 1. The third-order valence-electron chi connectivity index (χ3n) is 5.98. The fourth-order valence-electron chi connectivity index (χ4n) is 4.79. The second kappa shape index (κ2) is 8.67. The molecule has 5 unspecified atom stereocenters. The second-order valence-electron chi connectivity index (χ2n) is 8.60. The quantitative estimate of drug-likeness (QED) is 0.670. The highest BCUT2D eigenvalue weighted by Gasteiger charge is 2.47. The molecule has 4 rings (SSSR count). The molecule has 2 aliphatic rings. The zero-order valence-corrected chi connectivity index (χ0v) is 18.6. The number of aromatic nitrogens is 1. The first-order valence-electron chi connectivity index (χ1n) is 10.9. The number of ether oxygens (including phenoxy) is 2. The summed E-state index contributed by atoms with van der Waals surface area (Å²) in [5.41, 5.74) is 0.0765. The highest BCUT2D eigenvalue weighted by atomic mass is 19.1. The summed E-state index contributed by atoms with van der Waals surface area (Å²) in [6.45, 7) is 8.09. The Kier molecular flexibility index (Phi) is 6.09. The van der Waals surface area contributed by atoms with Crippen LogP contribution in [0, 0.1) is 5.82 Å². The van der Waals surface area contributed by atoms with Crippen LogP contribution in [-0.4, -0.2) is 66.2 Å². The van der Waals surface area contributed by atoms with Gasteiger partial charge in [-0.25, -0.2) is 14.1 Å². The molecule has 0 saturated carbocycles. The number of aliphatic hydroxyl groups is 1. The van der Waals surface area contributed by atoms with Crippen LogP contribution in [0.15, 0.2) is 10.6 Å². The number of anilines is 2. The van der Waals surface area contributed by atoms with Gasteiger partial charge in [-0.05, 0) is 33.3 Å². The standard InChI is InChI=1S/C22H28FN3O6/c1-5-6-16-18(13(4)28)26(22(29)31-16)21-15-7-14(10-27)19(17(23)20(15)32-24-21)25-8-11(2)30-12(3)9-25/h7,10-13,16,18,28H,5-6,8-9H2,1-4H3. The van der Waals surface area contributed by atoms with Gasteiger partial charge in [0.05, 0.1) is 29.4 Å². The minimum Gasteiger partial charge on any atom is -0.443 e. The number of nitrogens with zero attached hydrogens (tertiary/aromatic N) is 3. The number of morpholine rings is 1. The molecule has 0 aliphatic carbocycles. The molecule has 0 bridgehead atoms. The zero-order chi connectivity index (χ0) is 23.2. The number of aliphatic hydroxyl groups excluding tert-OH is 1. The van der Waals surface area contributed by atoms with Gasteiger partial charge >= 0.3 is 6.09 Å². The number of carbonyl (C=O) groups excluding carboxylic acids is 2. The third kappa shape index (κ3) is 3.71. The number of halogens is 1. The second-order valence-corrected chi connectivity index (χ2v) is 8.60. The van der Waals surface area contributed by atoms with Crippen molar-refractivity contribution in [3.63, 3.8) is 0 Å². The number of hydrogen-bond acceptors (Lipinski definition) is 8. The highest BCUT2D eigenvalue weighted by Crippen LogP contribution is 2.40. The van der Waals surface area contributed by atoms with Gasteiger partial charge in [0.15, 0.2) is 17.9 Å². The lowest BCUT2D eigenvalue weighted by atomic mass is 10.0. The average Bonchev–Trinajstić information content (AvgIpc) is 3.27. The Bertz CT molecular complexity index is 1010. The number of benzene rings is 1. The van der Waals surface area contributed by atoms with E-state index in [0.717, 1.165) is 6.42 Å². The van der Waals surface area contributed by atoms with E-state index in [1.165, 1.54) is 11.0 Å². The molecular weight excluding hydrogens is 421 g/mol. The van der Waals surface area contributed by atoms with Crippen LogP contribution in [0.25, 0.3) is 11.0 Å². The van der Waals surface area contributed by atoms with Gasteiger partial charge in [-0.3, -0.25) is 4.79 Å². The molecule has 32 heavy (non-hydrogen) atoms.